The molecule has 0 radical (unpaired) electrons. The second-order valence-electron chi connectivity index (χ2n) is 14.0. The minimum absolute atomic E-state index is 0.832. The molecule has 0 saturated heterocycles. The summed E-state index contributed by atoms with van der Waals surface area (Å²) < 4.78 is 2.68. The Labute approximate surface area is 327 Å². The van der Waals surface area contributed by atoms with Gasteiger partial charge in [0.1, 0.15) is 0 Å². The molecule has 0 spiro atoms. The smallest absolute Gasteiger partial charge is 0.0434 e. The van der Waals surface area contributed by atoms with E-state index >= 15 is 0 Å². The first-order valence-corrected chi connectivity index (χ1v) is 19.8. The third-order valence-corrected chi connectivity index (χ3v) is 11.8. The van der Waals surface area contributed by atoms with Crippen molar-refractivity contribution in [2.75, 3.05) is 0 Å². The molecular weight excluding hydrogens is 681 g/mol. The third kappa shape index (κ3) is 6.99. The van der Waals surface area contributed by atoms with Gasteiger partial charge in [0, 0.05) is 25.6 Å². The molecule has 0 atom stereocenters. The maximum atomic E-state index is 2.38. The van der Waals surface area contributed by atoms with E-state index < -0.39 is 0 Å². The van der Waals surface area contributed by atoms with Crippen molar-refractivity contribution in [1.82, 2.24) is 0 Å². The summed E-state index contributed by atoms with van der Waals surface area (Å²) in [5.74, 6) is 0. The molecule has 0 saturated carbocycles. The van der Waals surface area contributed by atoms with Crippen molar-refractivity contribution in [3.63, 3.8) is 0 Å². The highest BCUT2D eigenvalue weighted by Crippen LogP contribution is 2.44. The SMILES string of the molecule is C/C=C\C=C/c1cc2c3cccc(-c4cccc(-c5cccc(C/C=C(\c6ccccc6)c6ccc(-c7ccccc7)cc6)c5)c4)c3sc2c2ccccc12. The summed E-state index contributed by atoms with van der Waals surface area (Å²) in [6, 6.07) is 66.4. The lowest BCUT2D eigenvalue weighted by atomic mass is 9.93. The van der Waals surface area contributed by atoms with Gasteiger partial charge in [-0.05, 0) is 92.1 Å². The van der Waals surface area contributed by atoms with E-state index in [1.807, 2.05) is 11.3 Å². The Morgan fingerprint density at radius 2 is 1.05 bits per heavy atom. The molecule has 0 aliphatic heterocycles. The standard InChI is InChI=1S/C54H40S/c1-2-3-6-21-46-37-52-51-28-15-27-49(53(51)55-54(52)50-26-12-11-25-48(46)50)45-24-14-23-44(36-45)43-22-13-16-38(35-43)29-34-47(41-19-9-5-10-20-41)42-32-30-40(31-33-42)39-17-7-4-8-18-39/h2-28,30-37H,29H2,1H3/b3-2-,21-6-,47-34+. The van der Waals surface area contributed by atoms with Gasteiger partial charge in [0.25, 0.3) is 0 Å². The monoisotopic (exact) mass is 720 g/mol. The zero-order valence-electron chi connectivity index (χ0n) is 30.8. The van der Waals surface area contributed by atoms with Gasteiger partial charge in [-0.25, -0.2) is 0 Å². The summed E-state index contributed by atoms with van der Waals surface area (Å²) in [6.07, 6.45) is 11.7. The molecule has 0 nitrogen and oxygen atoms in total. The Bertz CT molecular complexity index is 2870. The maximum absolute atomic E-state index is 2.38. The van der Waals surface area contributed by atoms with Crippen LogP contribution in [0.3, 0.4) is 0 Å². The highest BCUT2D eigenvalue weighted by Gasteiger charge is 2.15. The summed E-state index contributed by atoms with van der Waals surface area (Å²) in [5, 5.41) is 5.23. The van der Waals surface area contributed by atoms with Crippen LogP contribution < -0.4 is 0 Å². The molecule has 9 rings (SSSR count). The molecule has 0 aliphatic carbocycles. The van der Waals surface area contributed by atoms with Gasteiger partial charge in [-0.2, -0.15) is 0 Å². The Hall–Kier alpha value is -6.54. The first kappa shape index (κ1) is 34.2. The van der Waals surface area contributed by atoms with E-state index in [2.05, 4.69) is 219 Å². The van der Waals surface area contributed by atoms with Gasteiger partial charge < -0.3 is 0 Å². The number of benzene rings is 8. The van der Waals surface area contributed by atoms with E-state index in [9.17, 15) is 0 Å². The van der Waals surface area contributed by atoms with E-state index in [0.717, 1.165) is 6.42 Å². The summed E-state index contributed by atoms with van der Waals surface area (Å²) >= 11 is 1.91. The van der Waals surface area contributed by atoms with Crippen molar-refractivity contribution < 1.29 is 0 Å². The molecule has 1 heterocycles. The van der Waals surface area contributed by atoms with E-state index in [-0.39, 0.29) is 0 Å². The Balaban J connectivity index is 1.05. The lowest BCUT2D eigenvalue weighted by Gasteiger charge is -2.11. The fourth-order valence-electron chi connectivity index (χ4n) is 7.74. The molecule has 0 unspecified atom stereocenters. The van der Waals surface area contributed by atoms with Crippen LogP contribution in [0.4, 0.5) is 0 Å². The maximum Gasteiger partial charge on any atom is 0.0434 e. The van der Waals surface area contributed by atoms with Gasteiger partial charge in [0.05, 0.1) is 0 Å². The fraction of sp³-hybridized carbons (Fsp3) is 0.0370. The number of rotatable bonds is 9. The second-order valence-corrected chi connectivity index (χ2v) is 15.0. The average molecular weight is 721 g/mol. The lowest BCUT2D eigenvalue weighted by Crippen LogP contribution is -1.91. The van der Waals surface area contributed by atoms with Crippen LogP contribution in [0.5, 0.6) is 0 Å². The summed E-state index contributed by atoms with van der Waals surface area (Å²) in [7, 11) is 0. The largest absolute Gasteiger partial charge is 0.134 e. The molecule has 1 aromatic heterocycles. The van der Waals surface area contributed by atoms with Crippen LogP contribution in [-0.2, 0) is 6.42 Å². The second kappa shape index (κ2) is 15.4. The Morgan fingerprint density at radius 1 is 0.455 bits per heavy atom. The minimum Gasteiger partial charge on any atom is -0.134 e. The molecule has 0 aliphatic rings. The summed E-state index contributed by atoms with van der Waals surface area (Å²) in [5.41, 5.74) is 13.7. The number of thiophene rings is 1. The van der Waals surface area contributed by atoms with Gasteiger partial charge >= 0.3 is 0 Å². The lowest BCUT2D eigenvalue weighted by molar-refractivity contribution is 1.27. The number of hydrogen-bond acceptors (Lipinski definition) is 1. The molecule has 262 valence electrons. The predicted molar refractivity (Wildman–Crippen MR) is 241 cm³/mol. The first-order chi connectivity index (χ1) is 27.2. The zero-order chi connectivity index (χ0) is 37.0. The van der Waals surface area contributed by atoms with Crippen LogP contribution in [0.2, 0.25) is 0 Å². The van der Waals surface area contributed by atoms with Gasteiger partial charge in [-0.1, -0.05) is 200 Å². The molecule has 0 amide bonds. The molecular formula is C54H40S. The minimum atomic E-state index is 0.832. The van der Waals surface area contributed by atoms with Crippen molar-refractivity contribution >= 4 is 53.9 Å². The van der Waals surface area contributed by atoms with Crippen molar-refractivity contribution in [1.29, 1.82) is 0 Å². The van der Waals surface area contributed by atoms with Crippen LogP contribution in [0.1, 0.15) is 29.2 Å². The molecule has 1 heteroatoms. The topological polar surface area (TPSA) is 0 Å². The Kier molecular flexibility index (Phi) is 9.61. The van der Waals surface area contributed by atoms with Crippen molar-refractivity contribution in [3.05, 3.63) is 229 Å². The van der Waals surface area contributed by atoms with E-state index in [0.29, 0.717) is 0 Å². The molecule has 0 fully saturated rings. The summed E-state index contributed by atoms with van der Waals surface area (Å²) in [4.78, 5) is 0. The van der Waals surface area contributed by atoms with Crippen LogP contribution >= 0.6 is 11.3 Å². The summed E-state index contributed by atoms with van der Waals surface area (Å²) in [6.45, 7) is 2.05. The molecule has 55 heavy (non-hydrogen) atoms. The van der Waals surface area contributed by atoms with Crippen LogP contribution in [0.15, 0.2) is 206 Å². The van der Waals surface area contributed by atoms with Crippen LogP contribution in [-0.4, -0.2) is 0 Å². The van der Waals surface area contributed by atoms with Crippen LogP contribution in [0, 0.1) is 0 Å². The van der Waals surface area contributed by atoms with Gasteiger partial charge in [-0.3, -0.25) is 0 Å². The van der Waals surface area contributed by atoms with Crippen LogP contribution in [0.25, 0.3) is 76.0 Å². The highest BCUT2D eigenvalue weighted by molar-refractivity contribution is 7.27. The molecule has 9 aromatic rings. The van der Waals surface area contributed by atoms with Crippen molar-refractivity contribution in [3.8, 4) is 33.4 Å². The van der Waals surface area contributed by atoms with E-state index in [4.69, 9.17) is 0 Å². The quantitative estimate of drug-likeness (QED) is 0.130. The Morgan fingerprint density at radius 3 is 1.85 bits per heavy atom. The number of fused-ring (bicyclic) bond motifs is 5. The van der Waals surface area contributed by atoms with E-state index in [1.165, 1.54) is 92.2 Å². The predicted octanol–water partition coefficient (Wildman–Crippen LogP) is 15.5. The fourth-order valence-corrected chi connectivity index (χ4v) is 9.10. The highest BCUT2D eigenvalue weighted by atomic mass is 32.1. The zero-order valence-corrected chi connectivity index (χ0v) is 31.6. The van der Waals surface area contributed by atoms with E-state index in [1.54, 1.807) is 0 Å². The third-order valence-electron chi connectivity index (χ3n) is 10.5. The van der Waals surface area contributed by atoms with Crippen molar-refractivity contribution in [2.24, 2.45) is 0 Å². The van der Waals surface area contributed by atoms with Gasteiger partial charge in [0.15, 0.2) is 0 Å². The van der Waals surface area contributed by atoms with Crippen molar-refractivity contribution in [2.45, 2.75) is 13.3 Å². The van der Waals surface area contributed by atoms with Gasteiger partial charge in [-0.15, -0.1) is 11.3 Å². The molecule has 0 N–H and O–H groups in total. The number of allylic oxidation sites excluding steroid dienone is 4. The number of hydrogen-bond donors (Lipinski definition) is 0. The normalized spacial score (nSPS) is 12.1. The molecule has 0 bridgehead atoms. The molecule has 8 aromatic carbocycles. The van der Waals surface area contributed by atoms with Gasteiger partial charge in [0.2, 0.25) is 0 Å². The first-order valence-electron chi connectivity index (χ1n) is 19.0. The average Bonchev–Trinajstić information content (AvgIpc) is 3.64.